The van der Waals surface area contributed by atoms with Crippen molar-refractivity contribution in [1.29, 1.82) is 0 Å². The summed E-state index contributed by atoms with van der Waals surface area (Å²) in [6.07, 6.45) is 59.5. The Balaban J connectivity index is 4.48. The topological polar surface area (TPSA) is 105 Å². The normalized spacial score (nSPS) is 14.9. The number of aliphatic hydroxyl groups is 1. The van der Waals surface area contributed by atoms with Gasteiger partial charge in [-0.25, -0.2) is 4.57 Å². The van der Waals surface area contributed by atoms with Crippen LogP contribution < -0.4 is 5.32 Å². The van der Waals surface area contributed by atoms with Gasteiger partial charge in [-0.3, -0.25) is 13.8 Å². The zero-order valence-corrected chi connectivity index (χ0v) is 40.8. The lowest BCUT2D eigenvalue weighted by Crippen LogP contribution is -2.45. The first-order chi connectivity index (χ1) is 29.5. The first-order valence-corrected chi connectivity index (χ1v) is 26.0. The third-order valence-electron chi connectivity index (χ3n) is 10.3. The average molecular weight is 874 g/mol. The average Bonchev–Trinajstić information content (AvgIpc) is 3.21. The van der Waals surface area contributed by atoms with Gasteiger partial charge in [-0.2, -0.15) is 0 Å². The summed E-state index contributed by atoms with van der Waals surface area (Å²) in [4.78, 5) is 23.2. The molecule has 0 aliphatic rings. The molecule has 0 aromatic rings. The Bertz CT molecular complexity index is 1260. The minimum Gasteiger partial charge on any atom is -0.387 e. The molecule has 0 spiro atoms. The Hall–Kier alpha value is -2.32. The van der Waals surface area contributed by atoms with Crippen LogP contribution in [-0.4, -0.2) is 73.4 Å². The van der Waals surface area contributed by atoms with Crippen LogP contribution in [0.2, 0.25) is 0 Å². The van der Waals surface area contributed by atoms with Gasteiger partial charge in [0, 0.05) is 6.42 Å². The molecule has 0 saturated heterocycles. The SMILES string of the molecule is CC/C=C\C/C=C\C/C=C\C/C=C\CCCCCCCCC(=O)NC(COP(=O)(O)OCC[N+](C)(C)C)C(O)/C=C/CC/C=C/CC/C=C/CCCCCCCCCCCC. The van der Waals surface area contributed by atoms with Crippen molar-refractivity contribution < 1.29 is 32.9 Å². The fraction of sp³-hybridized carbons (Fsp3) is 0.712. The lowest BCUT2D eigenvalue weighted by molar-refractivity contribution is -0.870. The predicted octanol–water partition coefficient (Wildman–Crippen LogP) is 14.1. The van der Waals surface area contributed by atoms with Gasteiger partial charge in [0.1, 0.15) is 13.2 Å². The van der Waals surface area contributed by atoms with Gasteiger partial charge in [0.25, 0.3) is 0 Å². The van der Waals surface area contributed by atoms with E-state index >= 15 is 0 Å². The second kappa shape index (κ2) is 43.0. The van der Waals surface area contributed by atoms with Crippen LogP contribution in [0.25, 0.3) is 0 Å². The maximum atomic E-state index is 12.9. The molecule has 0 aromatic heterocycles. The Morgan fingerprint density at radius 2 is 1.00 bits per heavy atom. The number of nitrogens with zero attached hydrogens (tertiary/aromatic N) is 1. The summed E-state index contributed by atoms with van der Waals surface area (Å²) < 4.78 is 23.6. The van der Waals surface area contributed by atoms with Gasteiger partial charge in [-0.15, -0.1) is 0 Å². The van der Waals surface area contributed by atoms with Crippen LogP contribution >= 0.6 is 7.82 Å². The number of nitrogens with one attached hydrogen (secondary N) is 1. The summed E-state index contributed by atoms with van der Waals surface area (Å²) in [6, 6.07) is -0.882. The summed E-state index contributed by atoms with van der Waals surface area (Å²) in [6.45, 7) is 4.65. The van der Waals surface area contributed by atoms with Crippen LogP contribution in [0.5, 0.6) is 0 Å². The molecule has 0 heterocycles. The highest BCUT2D eigenvalue weighted by Crippen LogP contribution is 2.43. The van der Waals surface area contributed by atoms with Gasteiger partial charge in [0.15, 0.2) is 0 Å². The molecule has 0 rings (SSSR count). The molecular weight excluding hydrogens is 780 g/mol. The molecule has 9 heteroatoms. The van der Waals surface area contributed by atoms with Crippen molar-refractivity contribution in [1.82, 2.24) is 5.32 Å². The molecule has 0 radical (unpaired) electrons. The highest BCUT2D eigenvalue weighted by atomic mass is 31.2. The van der Waals surface area contributed by atoms with Gasteiger partial charge >= 0.3 is 7.82 Å². The number of phosphoric ester groups is 1. The van der Waals surface area contributed by atoms with E-state index in [9.17, 15) is 19.4 Å². The number of quaternary nitrogens is 1. The number of hydrogen-bond donors (Lipinski definition) is 3. The number of likely N-dealkylation sites (N-methyl/N-ethyl adjacent to an activating group) is 1. The molecule has 0 aliphatic heterocycles. The van der Waals surface area contributed by atoms with Crippen molar-refractivity contribution >= 4 is 13.7 Å². The van der Waals surface area contributed by atoms with Crippen molar-refractivity contribution in [2.45, 2.75) is 199 Å². The zero-order chi connectivity index (χ0) is 45.0. The third kappa shape index (κ3) is 45.5. The van der Waals surface area contributed by atoms with Gasteiger partial charge in [-0.1, -0.05) is 182 Å². The minimum absolute atomic E-state index is 0.0460. The van der Waals surface area contributed by atoms with Crippen LogP contribution in [0.3, 0.4) is 0 Å². The van der Waals surface area contributed by atoms with E-state index in [0.717, 1.165) is 83.5 Å². The van der Waals surface area contributed by atoms with Crippen molar-refractivity contribution in [3.63, 3.8) is 0 Å². The number of phosphoric acid groups is 1. The number of aliphatic hydroxyl groups excluding tert-OH is 1. The maximum absolute atomic E-state index is 12.9. The largest absolute Gasteiger partial charge is 0.472 e. The molecule has 61 heavy (non-hydrogen) atoms. The molecule has 1 amide bonds. The first-order valence-electron chi connectivity index (χ1n) is 24.5. The van der Waals surface area contributed by atoms with Crippen LogP contribution in [0.15, 0.2) is 85.1 Å². The molecule has 3 N–H and O–H groups in total. The van der Waals surface area contributed by atoms with E-state index in [1.54, 1.807) is 6.08 Å². The van der Waals surface area contributed by atoms with Crippen LogP contribution in [0, 0.1) is 0 Å². The van der Waals surface area contributed by atoms with Crippen molar-refractivity contribution in [2.75, 3.05) is 40.9 Å². The number of allylic oxidation sites excluding steroid dienone is 13. The summed E-state index contributed by atoms with van der Waals surface area (Å²) in [5.74, 6) is -0.209. The highest BCUT2D eigenvalue weighted by molar-refractivity contribution is 7.47. The second-order valence-corrected chi connectivity index (χ2v) is 18.9. The highest BCUT2D eigenvalue weighted by Gasteiger charge is 2.27. The zero-order valence-electron chi connectivity index (χ0n) is 39.9. The van der Waals surface area contributed by atoms with E-state index < -0.39 is 20.0 Å². The number of rotatable bonds is 43. The lowest BCUT2D eigenvalue weighted by Gasteiger charge is -2.25. The molecule has 0 saturated carbocycles. The Morgan fingerprint density at radius 3 is 1.51 bits per heavy atom. The molecule has 0 fully saturated rings. The van der Waals surface area contributed by atoms with E-state index in [0.29, 0.717) is 17.4 Å². The fourth-order valence-corrected chi connectivity index (χ4v) is 7.21. The van der Waals surface area contributed by atoms with Crippen molar-refractivity contribution in [3.05, 3.63) is 85.1 Å². The molecule has 8 nitrogen and oxygen atoms in total. The minimum atomic E-state index is -4.36. The third-order valence-corrected chi connectivity index (χ3v) is 11.3. The monoisotopic (exact) mass is 874 g/mol. The maximum Gasteiger partial charge on any atom is 0.472 e. The van der Waals surface area contributed by atoms with Gasteiger partial charge in [-0.05, 0) is 83.5 Å². The molecule has 3 atom stereocenters. The number of hydrogen-bond acceptors (Lipinski definition) is 5. The first kappa shape index (κ1) is 58.7. The van der Waals surface area contributed by atoms with Crippen LogP contribution in [-0.2, 0) is 18.4 Å². The van der Waals surface area contributed by atoms with E-state index in [-0.39, 0.29) is 19.1 Å². The Kier molecular flexibility index (Phi) is 41.3. The standard InChI is InChI=1S/C52H93N2O6P/c1-6-8-10-12-14-16-18-20-22-24-26-28-29-31-33-35-37-39-41-43-45-51(55)50(49-60-61(57,58)59-48-47-54(3,4)5)53-52(56)46-44-42-40-38-36-34-32-30-27-25-23-21-19-17-15-13-11-9-7-2/h9,11,15,17,21,23,27-30,35,37,43,45,50-51,55H,6-8,10,12-14,16,18-20,22,24-26,31-34,36,38-42,44,46-49H2,1-5H3,(H-,53,56,57,58)/p+1/b11-9-,17-15-,23-21-,29-28+,30-27-,37-35+,45-43+. The summed E-state index contributed by atoms with van der Waals surface area (Å²) in [7, 11) is 1.52. The fourth-order valence-electron chi connectivity index (χ4n) is 6.47. The molecular formula is C52H94N2O6P+. The van der Waals surface area contributed by atoms with E-state index in [4.69, 9.17) is 9.05 Å². The van der Waals surface area contributed by atoms with Gasteiger partial charge in [0.05, 0.1) is 39.9 Å². The predicted molar refractivity (Wildman–Crippen MR) is 263 cm³/mol. The van der Waals surface area contributed by atoms with Crippen molar-refractivity contribution in [2.24, 2.45) is 0 Å². The van der Waals surface area contributed by atoms with E-state index in [2.05, 4.69) is 92.1 Å². The summed E-state index contributed by atoms with van der Waals surface area (Å²) >= 11 is 0. The Morgan fingerprint density at radius 1 is 0.574 bits per heavy atom. The van der Waals surface area contributed by atoms with Gasteiger partial charge < -0.3 is 19.8 Å². The number of amides is 1. The molecule has 0 aromatic carbocycles. The van der Waals surface area contributed by atoms with Crippen molar-refractivity contribution in [3.8, 4) is 0 Å². The van der Waals surface area contributed by atoms with E-state index in [1.165, 1.54) is 83.5 Å². The van der Waals surface area contributed by atoms with Gasteiger partial charge in [0.2, 0.25) is 5.91 Å². The lowest BCUT2D eigenvalue weighted by atomic mass is 10.1. The molecule has 3 unspecified atom stereocenters. The Labute approximate surface area is 376 Å². The summed E-state index contributed by atoms with van der Waals surface area (Å²) in [5.41, 5.74) is 0. The van der Waals surface area contributed by atoms with E-state index in [1.807, 2.05) is 27.2 Å². The number of carbonyl (C=O) groups is 1. The number of carbonyl (C=O) groups excluding carboxylic acids is 1. The molecule has 0 aliphatic carbocycles. The second-order valence-electron chi connectivity index (χ2n) is 17.4. The number of unbranched alkanes of at least 4 members (excludes halogenated alkanes) is 18. The quantitative estimate of drug-likeness (QED) is 0.0244. The molecule has 0 bridgehead atoms. The van der Waals surface area contributed by atoms with Crippen LogP contribution in [0.4, 0.5) is 0 Å². The van der Waals surface area contributed by atoms with Crippen LogP contribution in [0.1, 0.15) is 187 Å². The molecule has 352 valence electrons. The summed E-state index contributed by atoms with van der Waals surface area (Å²) in [5, 5.41) is 13.8. The smallest absolute Gasteiger partial charge is 0.387 e.